The maximum atomic E-state index is 13.1. The number of nitrogens with one attached hydrogen (secondary N) is 1. The van der Waals surface area contributed by atoms with Gasteiger partial charge in [-0.2, -0.15) is 0 Å². The lowest BCUT2D eigenvalue weighted by atomic mass is 10.1. The molecule has 0 aliphatic rings. The maximum absolute atomic E-state index is 13.1. The zero-order chi connectivity index (χ0) is 14.7. The molecule has 0 atom stereocenters. The lowest BCUT2D eigenvalue weighted by Gasteiger charge is -2.10. The molecular weight excluding hydrogens is 288 g/mol. The fourth-order valence-electron chi connectivity index (χ4n) is 1.70. The zero-order valence-corrected chi connectivity index (χ0v) is 10.9. The fourth-order valence-corrected chi connectivity index (χ4v) is 1.87. The van der Waals surface area contributed by atoms with Gasteiger partial charge in [0.2, 0.25) is 0 Å². The van der Waals surface area contributed by atoms with Crippen molar-refractivity contribution < 1.29 is 18.7 Å². The van der Waals surface area contributed by atoms with Crippen LogP contribution in [0.3, 0.4) is 0 Å². The average Bonchev–Trinajstić information content (AvgIpc) is 2.40. The number of rotatable bonds is 4. The van der Waals surface area contributed by atoms with Crippen molar-refractivity contribution in [3.05, 3.63) is 64.2 Å². The highest BCUT2D eigenvalue weighted by Gasteiger charge is 2.10. The van der Waals surface area contributed by atoms with Gasteiger partial charge < -0.3 is 10.4 Å². The van der Waals surface area contributed by atoms with Gasteiger partial charge in [0.25, 0.3) is 0 Å². The number of aromatic carboxylic acids is 1. The molecule has 0 amide bonds. The van der Waals surface area contributed by atoms with Crippen LogP contribution in [0.25, 0.3) is 0 Å². The summed E-state index contributed by atoms with van der Waals surface area (Å²) >= 11 is 5.81. The molecule has 20 heavy (non-hydrogen) atoms. The van der Waals surface area contributed by atoms with Gasteiger partial charge in [0.15, 0.2) is 11.6 Å². The van der Waals surface area contributed by atoms with Crippen LogP contribution in [0.4, 0.5) is 14.5 Å². The minimum atomic E-state index is -1.10. The summed E-state index contributed by atoms with van der Waals surface area (Å²) in [6, 6.07) is 7.78. The van der Waals surface area contributed by atoms with Gasteiger partial charge >= 0.3 is 5.97 Å². The molecular formula is C14H10ClF2NO2. The molecule has 2 aromatic carbocycles. The summed E-state index contributed by atoms with van der Waals surface area (Å²) in [5, 5.41) is 12.3. The lowest BCUT2D eigenvalue weighted by Crippen LogP contribution is -2.06. The molecule has 0 heterocycles. The maximum Gasteiger partial charge on any atom is 0.337 e. The Balaban J connectivity index is 2.20. The normalized spacial score (nSPS) is 10.3. The number of benzene rings is 2. The van der Waals surface area contributed by atoms with E-state index in [0.29, 0.717) is 16.3 Å². The molecule has 6 heteroatoms. The van der Waals surface area contributed by atoms with Gasteiger partial charge in [-0.25, -0.2) is 13.6 Å². The summed E-state index contributed by atoms with van der Waals surface area (Å²) in [6.45, 7) is 0.151. The molecule has 0 saturated heterocycles. The topological polar surface area (TPSA) is 49.3 Å². The van der Waals surface area contributed by atoms with E-state index in [9.17, 15) is 13.6 Å². The summed E-state index contributed by atoms with van der Waals surface area (Å²) < 4.78 is 25.9. The molecule has 2 rings (SSSR count). The summed E-state index contributed by atoms with van der Waals surface area (Å²) in [7, 11) is 0. The Bertz CT molecular complexity index is 662. The van der Waals surface area contributed by atoms with E-state index in [1.807, 2.05) is 0 Å². The van der Waals surface area contributed by atoms with E-state index in [1.165, 1.54) is 24.3 Å². The predicted molar refractivity (Wildman–Crippen MR) is 72.1 cm³/mol. The Labute approximate surface area is 118 Å². The van der Waals surface area contributed by atoms with E-state index >= 15 is 0 Å². The Kier molecular flexibility index (Phi) is 4.20. The van der Waals surface area contributed by atoms with E-state index in [1.54, 1.807) is 0 Å². The Morgan fingerprint density at radius 2 is 1.90 bits per heavy atom. The van der Waals surface area contributed by atoms with E-state index in [4.69, 9.17) is 16.7 Å². The van der Waals surface area contributed by atoms with Gasteiger partial charge in [-0.15, -0.1) is 0 Å². The molecule has 0 bridgehead atoms. The van der Waals surface area contributed by atoms with Gasteiger partial charge in [-0.05, 0) is 35.9 Å². The van der Waals surface area contributed by atoms with Crippen molar-refractivity contribution >= 4 is 23.3 Å². The van der Waals surface area contributed by atoms with Crippen LogP contribution in [-0.4, -0.2) is 11.1 Å². The monoisotopic (exact) mass is 297 g/mol. The lowest BCUT2D eigenvalue weighted by molar-refractivity contribution is 0.0698. The minimum absolute atomic E-state index is 0.0528. The van der Waals surface area contributed by atoms with E-state index in [0.717, 1.165) is 12.1 Å². The van der Waals surface area contributed by atoms with Crippen LogP contribution in [0, 0.1) is 11.6 Å². The number of anilines is 1. The largest absolute Gasteiger partial charge is 0.478 e. The second kappa shape index (κ2) is 5.88. The van der Waals surface area contributed by atoms with Gasteiger partial charge in [-0.3, -0.25) is 0 Å². The number of carboxylic acid groups (broad SMARTS) is 1. The SMILES string of the molecule is O=C(O)c1ccc(Cl)cc1NCc1ccc(F)c(F)c1. The smallest absolute Gasteiger partial charge is 0.337 e. The van der Waals surface area contributed by atoms with Crippen molar-refractivity contribution in [2.75, 3.05) is 5.32 Å². The van der Waals surface area contributed by atoms with E-state index < -0.39 is 17.6 Å². The summed E-state index contributed by atoms with van der Waals surface area (Å²) in [5.74, 6) is -2.98. The number of halogens is 3. The van der Waals surface area contributed by atoms with Crippen molar-refractivity contribution in [3.8, 4) is 0 Å². The minimum Gasteiger partial charge on any atom is -0.478 e. The summed E-state index contributed by atoms with van der Waals surface area (Å²) in [4.78, 5) is 11.1. The Morgan fingerprint density at radius 1 is 1.15 bits per heavy atom. The quantitative estimate of drug-likeness (QED) is 0.899. The molecule has 2 N–H and O–H groups in total. The molecule has 0 fully saturated rings. The highest BCUT2D eigenvalue weighted by atomic mass is 35.5. The van der Waals surface area contributed by atoms with Crippen LogP contribution in [0.15, 0.2) is 36.4 Å². The first-order valence-electron chi connectivity index (χ1n) is 5.68. The molecule has 0 radical (unpaired) electrons. The van der Waals surface area contributed by atoms with Crippen molar-refractivity contribution in [2.45, 2.75) is 6.54 Å². The highest BCUT2D eigenvalue weighted by molar-refractivity contribution is 6.31. The molecule has 0 unspecified atom stereocenters. The predicted octanol–water partition coefficient (Wildman–Crippen LogP) is 3.93. The first-order valence-corrected chi connectivity index (χ1v) is 6.06. The molecule has 0 aliphatic heterocycles. The van der Waals surface area contributed by atoms with Crippen LogP contribution in [0.2, 0.25) is 5.02 Å². The van der Waals surface area contributed by atoms with Gasteiger partial charge in [0.05, 0.1) is 11.3 Å². The third kappa shape index (κ3) is 3.24. The zero-order valence-electron chi connectivity index (χ0n) is 10.2. The second-order valence-corrected chi connectivity index (χ2v) is 4.53. The summed E-state index contributed by atoms with van der Waals surface area (Å²) in [6.07, 6.45) is 0. The Hall–Kier alpha value is -2.14. The van der Waals surface area contributed by atoms with Crippen molar-refractivity contribution in [2.24, 2.45) is 0 Å². The van der Waals surface area contributed by atoms with E-state index in [-0.39, 0.29) is 12.1 Å². The van der Waals surface area contributed by atoms with Crippen molar-refractivity contribution in [3.63, 3.8) is 0 Å². The highest BCUT2D eigenvalue weighted by Crippen LogP contribution is 2.22. The van der Waals surface area contributed by atoms with Crippen molar-refractivity contribution in [1.29, 1.82) is 0 Å². The third-order valence-corrected chi connectivity index (χ3v) is 2.91. The summed E-state index contributed by atoms with van der Waals surface area (Å²) in [5.41, 5.74) is 0.854. The standard InChI is InChI=1S/C14H10ClF2NO2/c15-9-2-3-10(14(19)20)13(6-9)18-7-8-1-4-11(16)12(17)5-8/h1-6,18H,7H2,(H,19,20). The molecule has 0 saturated carbocycles. The van der Waals surface area contributed by atoms with Crippen LogP contribution >= 0.6 is 11.6 Å². The van der Waals surface area contributed by atoms with Crippen LogP contribution in [-0.2, 0) is 6.54 Å². The van der Waals surface area contributed by atoms with Gasteiger partial charge in [0.1, 0.15) is 0 Å². The molecule has 0 aromatic heterocycles. The van der Waals surface area contributed by atoms with Crippen LogP contribution < -0.4 is 5.32 Å². The third-order valence-electron chi connectivity index (χ3n) is 2.68. The first-order chi connectivity index (χ1) is 9.47. The number of carboxylic acids is 1. The first kappa shape index (κ1) is 14.3. The second-order valence-electron chi connectivity index (χ2n) is 4.10. The van der Waals surface area contributed by atoms with Gasteiger partial charge in [-0.1, -0.05) is 17.7 Å². The Morgan fingerprint density at radius 3 is 2.55 bits per heavy atom. The van der Waals surface area contributed by atoms with E-state index in [2.05, 4.69) is 5.32 Å². The van der Waals surface area contributed by atoms with Crippen LogP contribution in [0.5, 0.6) is 0 Å². The van der Waals surface area contributed by atoms with Crippen molar-refractivity contribution in [1.82, 2.24) is 0 Å². The number of hydrogen-bond donors (Lipinski definition) is 2. The number of carbonyl (C=O) groups is 1. The van der Waals surface area contributed by atoms with Crippen LogP contribution in [0.1, 0.15) is 15.9 Å². The fraction of sp³-hybridized carbons (Fsp3) is 0.0714. The number of hydrogen-bond acceptors (Lipinski definition) is 2. The van der Waals surface area contributed by atoms with Gasteiger partial charge in [0, 0.05) is 11.6 Å². The molecule has 3 nitrogen and oxygen atoms in total. The molecule has 104 valence electrons. The molecule has 2 aromatic rings. The average molecular weight is 298 g/mol. The molecule has 0 spiro atoms. The molecule has 0 aliphatic carbocycles.